The molecule has 2 rings (SSSR count). The highest BCUT2D eigenvalue weighted by Crippen LogP contribution is 2.22. The average molecular weight is 295 g/mol. The number of nitrogen functional groups attached to an aromatic ring is 1. The van der Waals surface area contributed by atoms with Gasteiger partial charge in [0.1, 0.15) is 0 Å². The van der Waals surface area contributed by atoms with Crippen LogP contribution in [0.3, 0.4) is 0 Å². The topological polar surface area (TPSA) is 56.0 Å². The van der Waals surface area contributed by atoms with Crippen molar-refractivity contribution in [1.29, 1.82) is 0 Å². The highest BCUT2D eigenvalue weighted by Gasteiger charge is 2.14. The number of benzene rings is 1. The zero-order valence-electron chi connectivity index (χ0n) is 8.65. The van der Waals surface area contributed by atoms with E-state index in [0.29, 0.717) is 15.7 Å². The molecular formula is C12H8BrFN2O. The van der Waals surface area contributed by atoms with E-state index in [9.17, 15) is 9.18 Å². The summed E-state index contributed by atoms with van der Waals surface area (Å²) in [5.74, 6) is -1.03. The van der Waals surface area contributed by atoms with Crippen LogP contribution in [-0.2, 0) is 0 Å². The summed E-state index contributed by atoms with van der Waals surface area (Å²) in [5.41, 5.74) is 6.51. The molecule has 0 saturated carbocycles. The molecule has 0 aliphatic rings. The number of nitrogens with zero attached hydrogens (tertiary/aromatic N) is 1. The van der Waals surface area contributed by atoms with Gasteiger partial charge in [-0.2, -0.15) is 0 Å². The summed E-state index contributed by atoms with van der Waals surface area (Å²) in [4.78, 5) is 15.6. The molecule has 0 radical (unpaired) electrons. The summed E-state index contributed by atoms with van der Waals surface area (Å²) in [7, 11) is 0. The normalized spacial score (nSPS) is 10.2. The van der Waals surface area contributed by atoms with Crippen LogP contribution in [0.4, 0.5) is 10.1 Å². The minimum absolute atomic E-state index is 0.00308. The highest BCUT2D eigenvalue weighted by molar-refractivity contribution is 9.10. The lowest BCUT2D eigenvalue weighted by Gasteiger charge is -2.04. The van der Waals surface area contributed by atoms with E-state index in [0.717, 1.165) is 6.20 Å². The number of pyridine rings is 1. The number of nitrogens with two attached hydrogens (primary N) is 1. The van der Waals surface area contributed by atoms with E-state index in [-0.39, 0.29) is 5.56 Å². The first kappa shape index (κ1) is 11.7. The predicted molar refractivity (Wildman–Crippen MR) is 66.2 cm³/mol. The lowest BCUT2D eigenvalue weighted by molar-refractivity contribution is 0.103. The van der Waals surface area contributed by atoms with Crippen molar-refractivity contribution in [2.24, 2.45) is 0 Å². The largest absolute Gasteiger partial charge is 0.398 e. The maximum atomic E-state index is 13.4. The predicted octanol–water partition coefficient (Wildman–Crippen LogP) is 2.80. The van der Waals surface area contributed by atoms with Crippen LogP contribution in [0.25, 0.3) is 0 Å². The van der Waals surface area contributed by atoms with Gasteiger partial charge in [0.15, 0.2) is 11.6 Å². The summed E-state index contributed by atoms with van der Waals surface area (Å²) in [6.07, 6.45) is 2.39. The Morgan fingerprint density at radius 3 is 2.76 bits per heavy atom. The molecule has 5 heteroatoms. The molecule has 0 aliphatic carbocycles. The lowest BCUT2D eigenvalue weighted by Crippen LogP contribution is -2.05. The second kappa shape index (κ2) is 4.63. The lowest BCUT2D eigenvalue weighted by atomic mass is 10.0. The van der Waals surface area contributed by atoms with Crippen LogP contribution >= 0.6 is 15.9 Å². The number of carbonyl (C=O) groups excluding carboxylic acids is 1. The van der Waals surface area contributed by atoms with Crippen molar-refractivity contribution >= 4 is 27.4 Å². The third kappa shape index (κ3) is 2.34. The molecule has 0 bridgehead atoms. The van der Waals surface area contributed by atoms with E-state index in [1.54, 1.807) is 18.2 Å². The number of hydrogen-bond acceptors (Lipinski definition) is 3. The fraction of sp³-hybridized carbons (Fsp3) is 0. The second-order valence-electron chi connectivity index (χ2n) is 3.42. The smallest absolute Gasteiger partial charge is 0.196 e. The van der Waals surface area contributed by atoms with Crippen molar-refractivity contribution in [2.45, 2.75) is 0 Å². The zero-order chi connectivity index (χ0) is 12.4. The van der Waals surface area contributed by atoms with Crippen LogP contribution < -0.4 is 5.73 Å². The Balaban J connectivity index is 2.44. The molecule has 0 aliphatic heterocycles. The number of rotatable bonds is 2. The third-order valence-corrected chi connectivity index (χ3v) is 2.97. The van der Waals surface area contributed by atoms with Crippen LogP contribution in [0.5, 0.6) is 0 Å². The van der Waals surface area contributed by atoms with Crippen LogP contribution in [0.15, 0.2) is 41.1 Å². The number of carbonyl (C=O) groups is 1. The van der Waals surface area contributed by atoms with Gasteiger partial charge in [-0.25, -0.2) is 4.39 Å². The summed E-state index contributed by atoms with van der Waals surface area (Å²) in [5, 5.41) is 0. The van der Waals surface area contributed by atoms with Gasteiger partial charge in [-0.05, 0) is 40.2 Å². The first-order valence-corrected chi connectivity index (χ1v) is 5.58. The van der Waals surface area contributed by atoms with Gasteiger partial charge < -0.3 is 5.73 Å². The number of anilines is 1. The van der Waals surface area contributed by atoms with Crippen molar-refractivity contribution < 1.29 is 9.18 Å². The standard InChI is InChI=1S/C12H8BrFN2O/c13-9-5-7(1-2-11(9)15)12(17)8-3-4-16-6-10(8)14/h1-6H,15H2. The minimum Gasteiger partial charge on any atom is -0.398 e. The van der Waals surface area contributed by atoms with Crippen molar-refractivity contribution in [3.05, 3.63) is 58.1 Å². The molecule has 0 saturated heterocycles. The molecule has 0 amide bonds. The second-order valence-corrected chi connectivity index (χ2v) is 4.28. The molecule has 0 unspecified atom stereocenters. The van der Waals surface area contributed by atoms with E-state index >= 15 is 0 Å². The zero-order valence-corrected chi connectivity index (χ0v) is 10.2. The van der Waals surface area contributed by atoms with Gasteiger partial charge in [0.25, 0.3) is 0 Å². The van der Waals surface area contributed by atoms with Crippen LogP contribution in [0.2, 0.25) is 0 Å². The Kier molecular flexibility index (Phi) is 3.19. The van der Waals surface area contributed by atoms with Gasteiger partial charge in [-0.15, -0.1) is 0 Å². The Labute approximate surface area is 106 Å². The van der Waals surface area contributed by atoms with Crippen LogP contribution in [-0.4, -0.2) is 10.8 Å². The van der Waals surface area contributed by atoms with Crippen LogP contribution in [0, 0.1) is 5.82 Å². The fourth-order valence-electron chi connectivity index (χ4n) is 1.38. The molecule has 3 nitrogen and oxygen atoms in total. The van der Waals surface area contributed by atoms with Gasteiger partial charge in [-0.3, -0.25) is 9.78 Å². The average Bonchev–Trinajstić information content (AvgIpc) is 2.32. The van der Waals surface area contributed by atoms with Crippen LogP contribution in [0.1, 0.15) is 15.9 Å². The summed E-state index contributed by atoms with van der Waals surface area (Å²) < 4.78 is 14.0. The van der Waals surface area contributed by atoms with Crippen molar-refractivity contribution in [2.75, 3.05) is 5.73 Å². The molecule has 0 fully saturated rings. The summed E-state index contributed by atoms with van der Waals surface area (Å²) in [6.45, 7) is 0. The maximum absolute atomic E-state index is 13.4. The van der Waals surface area contributed by atoms with Crippen molar-refractivity contribution in [3.8, 4) is 0 Å². The third-order valence-electron chi connectivity index (χ3n) is 2.28. The van der Waals surface area contributed by atoms with E-state index in [2.05, 4.69) is 20.9 Å². The first-order valence-electron chi connectivity index (χ1n) is 4.79. The Hall–Kier alpha value is -1.75. The molecular weight excluding hydrogens is 287 g/mol. The fourth-order valence-corrected chi connectivity index (χ4v) is 1.76. The monoisotopic (exact) mass is 294 g/mol. The highest BCUT2D eigenvalue weighted by atomic mass is 79.9. The van der Waals surface area contributed by atoms with Gasteiger partial charge in [0.2, 0.25) is 0 Å². The van der Waals surface area contributed by atoms with E-state index in [1.807, 2.05) is 0 Å². The molecule has 1 aromatic carbocycles. The van der Waals surface area contributed by atoms with E-state index in [1.165, 1.54) is 12.3 Å². The molecule has 0 spiro atoms. The molecule has 86 valence electrons. The number of halogens is 2. The Morgan fingerprint density at radius 1 is 1.35 bits per heavy atom. The van der Waals surface area contributed by atoms with Gasteiger partial charge in [-0.1, -0.05) is 0 Å². The van der Waals surface area contributed by atoms with Crippen molar-refractivity contribution in [3.63, 3.8) is 0 Å². The number of ketones is 1. The maximum Gasteiger partial charge on any atom is 0.196 e. The van der Waals surface area contributed by atoms with Gasteiger partial charge in [0, 0.05) is 21.9 Å². The molecule has 17 heavy (non-hydrogen) atoms. The summed E-state index contributed by atoms with van der Waals surface area (Å²) in [6, 6.07) is 6.07. The Morgan fingerprint density at radius 2 is 2.12 bits per heavy atom. The summed E-state index contributed by atoms with van der Waals surface area (Å²) >= 11 is 3.22. The van der Waals surface area contributed by atoms with Gasteiger partial charge >= 0.3 is 0 Å². The van der Waals surface area contributed by atoms with Gasteiger partial charge in [0.05, 0.1) is 11.8 Å². The van der Waals surface area contributed by atoms with E-state index in [4.69, 9.17) is 5.73 Å². The number of hydrogen-bond donors (Lipinski definition) is 1. The Bertz CT molecular complexity index is 586. The molecule has 2 N–H and O–H groups in total. The first-order chi connectivity index (χ1) is 8.09. The molecule has 2 aromatic rings. The quantitative estimate of drug-likeness (QED) is 0.684. The van der Waals surface area contributed by atoms with Crippen molar-refractivity contribution in [1.82, 2.24) is 4.98 Å². The SMILES string of the molecule is Nc1ccc(C(=O)c2ccncc2F)cc1Br. The molecule has 1 aromatic heterocycles. The molecule has 0 atom stereocenters. The minimum atomic E-state index is -0.634. The van der Waals surface area contributed by atoms with E-state index < -0.39 is 11.6 Å². The number of aromatic nitrogens is 1. The molecule has 1 heterocycles.